The summed E-state index contributed by atoms with van der Waals surface area (Å²) >= 11 is 6.31. The normalized spacial score (nSPS) is 19.0. The third-order valence-corrected chi connectivity index (χ3v) is 6.85. The van der Waals surface area contributed by atoms with E-state index in [0.29, 0.717) is 22.5 Å². The average Bonchev–Trinajstić information content (AvgIpc) is 2.70. The van der Waals surface area contributed by atoms with Crippen LogP contribution in [-0.4, -0.2) is 41.3 Å². The number of carbonyl (C=O) groups excluding carboxylic acids is 1. The second-order valence-corrected chi connectivity index (χ2v) is 11.4. The van der Waals surface area contributed by atoms with Crippen molar-refractivity contribution in [2.75, 3.05) is 24.0 Å². The van der Waals surface area contributed by atoms with Gasteiger partial charge in [-0.15, -0.1) is 0 Å². The van der Waals surface area contributed by atoms with Crippen LogP contribution in [-0.2, 0) is 9.36 Å². The van der Waals surface area contributed by atoms with E-state index >= 15 is 0 Å². The molecule has 2 unspecified atom stereocenters. The summed E-state index contributed by atoms with van der Waals surface area (Å²) in [5.74, 6) is 0.747. The predicted molar refractivity (Wildman–Crippen MR) is 124 cm³/mol. The number of carbonyl (C=O) groups is 1. The summed E-state index contributed by atoms with van der Waals surface area (Å²) in [7, 11) is -2.48. The van der Waals surface area contributed by atoms with Crippen molar-refractivity contribution in [3.05, 3.63) is 48.1 Å². The fraction of sp³-hybridized carbons (Fsp3) is 0.381. The minimum absolute atomic E-state index is 0.0989. The van der Waals surface area contributed by atoms with Gasteiger partial charge >= 0.3 is 0 Å². The van der Waals surface area contributed by atoms with Crippen LogP contribution >= 0.6 is 18.7 Å². The Morgan fingerprint density at radius 3 is 2.73 bits per heavy atom. The highest BCUT2D eigenvalue weighted by Crippen LogP contribution is 2.38. The van der Waals surface area contributed by atoms with E-state index in [1.165, 1.54) is 6.08 Å². The molecule has 1 aliphatic carbocycles. The van der Waals surface area contributed by atoms with E-state index in [-0.39, 0.29) is 18.0 Å². The molecule has 3 rings (SSSR count). The van der Waals surface area contributed by atoms with Crippen molar-refractivity contribution in [3.8, 4) is 0 Å². The Morgan fingerprint density at radius 2 is 2.00 bits per heavy atom. The number of rotatable bonds is 7. The number of para-hydroxylation sites is 1. The molecule has 1 aromatic carbocycles. The number of nitrogens with one attached hydrogen (secondary N) is 3. The summed E-state index contributed by atoms with van der Waals surface area (Å²) in [6, 6.07) is 7.67. The number of anilines is 3. The lowest BCUT2D eigenvalue weighted by Crippen LogP contribution is -2.41. The van der Waals surface area contributed by atoms with Crippen molar-refractivity contribution in [1.29, 1.82) is 0 Å². The number of hydrogen-bond acceptors (Lipinski definition) is 6. The van der Waals surface area contributed by atoms with Gasteiger partial charge in [0.1, 0.15) is 12.2 Å². The molecule has 0 radical (unpaired) electrons. The van der Waals surface area contributed by atoms with Gasteiger partial charge in [-0.05, 0) is 57.2 Å². The van der Waals surface area contributed by atoms with Crippen LogP contribution in [0.1, 0.15) is 25.7 Å². The van der Waals surface area contributed by atoms with Crippen LogP contribution in [0.3, 0.4) is 0 Å². The average molecular weight is 448 g/mol. The highest BCUT2D eigenvalue weighted by molar-refractivity contribution is 7.70. The summed E-state index contributed by atoms with van der Waals surface area (Å²) in [6.07, 6.45) is 6.52. The van der Waals surface area contributed by atoms with Crippen LogP contribution in [0, 0.1) is 0 Å². The Labute approximate surface area is 182 Å². The first-order chi connectivity index (χ1) is 14.3. The van der Waals surface area contributed by atoms with Crippen LogP contribution in [0.25, 0.3) is 0 Å². The van der Waals surface area contributed by atoms with Crippen LogP contribution in [0.4, 0.5) is 17.5 Å². The van der Waals surface area contributed by atoms with Crippen LogP contribution in [0.2, 0.25) is 5.02 Å². The predicted octanol–water partition coefficient (Wildman–Crippen LogP) is 4.15. The molecule has 7 nitrogen and oxygen atoms in total. The van der Waals surface area contributed by atoms with E-state index in [4.69, 9.17) is 11.6 Å². The molecule has 1 saturated carbocycles. The summed E-state index contributed by atoms with van der Waals surface area (Å²) in [6.45, 7) is 6.96. The Balaban J connectivity index is 1.74. The fourth-order valence-corrected chi connectivity index (χ4v) is 4.89. The summed E-state index contributed by atoms with van der Waals surface area (Å²) < 4.78 is 12.6. The number of hydrogen-bond donors (Lipinski definition) is 3. The summed E-state index contributed by atoms with van der Waals surface area (Å²) in [5, 5.41) is 10.6. The molecule has 2 aromatic rings. The minimum atomic E-state index is -2.48. The van der Waals surface area contributed by atoms with Gasteiger partial charge in [0, 0.05) is 17.4 Å². The lowest BCUT2D eigenvalue weighted by molar-refractivity contribution is -0.117. The Morgan fingerprint density at radius 1 is 1.27 bits per heavy atom. The molecule has 1 amide bonds. The molecule has 9 heteroatoms. The highest BCUT2D eigenvalue weighted by Gasteiger charge is 2.24. The molecule has 2 atom stereocenters. The second kappa shape index (κ2) is 9.63. The summed E-state index contributed by atoms with van der Waals surface area (Å²) in [4.78, 5) is 20.4. The van der Waals surface area contributed by atoms with E-state index < -0.39 is 7.14 Å². The number of halogens is 1. The molecular weight excluding hydrogens is 421 g/mol. The van der Waals surface area contributed by atoms with E-state index in [0.717, 1.165) is 31.0 Å². The Kier molecular flexibility index (Phi) is 7.16. The first-order valence-electron chi connectivity index (χ1n) is 9.90. The maximum Gasteiger partial charge on any atom is 0.243 e. The van der Waals surface area contributed by atoms with Gasteiger partial charge in [0.2, 0.25) is 11.9 Å². The zero-order valence-electron chi connectivity index (χ0n) is 17.2. The first-order valence-corrected chi connectivity index (χ1v) is 12.9. The zero-order valence-corrected chi connectivity index (χ0v) is 18.8. The molecule has 0 aliphatic heterocycles. The maximum atomic E-state index is 12.6. The van der Waals surface area contributed by atoms with Gasteiger partial charge in [-0.2, -0.15) is 4.98 Å². The third kappa shape index (κ3) is 5.83. The maximum absolute atomic E-state index is 12.6. The van der Waals surface area contributed by atoms with E-state index in [9.17, 15) is 9.36 Å². The smallest absolute Gasteiger partial charge is 0.243 e. The van der Waals surface area contributed by atoms with Crippen LogP contribution in [0.15, 0.2) is 43.1 Å². The van der Waals surface area contributed by atoms with Gasteiger partial charge in [-0.1, -0.05) is 30.3 Å². The van der Waals surface area contributed by atoms with Crippen molar-refractivity contribution in [2.24, 2.45) is 0 Å². The highest BCUT2D eigenvalue weighted by atomic mass is 35.5. The zero-order chi connectivity index (χ0) is 21.7. The third-order valence-electron chi connectivity index (χ3n) is 5.02. The van der Waals surface area contributed by atoms with Crippen molar-refractivity contribution >= 4 is 47.4 Å². The molecule has 1 aromatic heterocycles. The van der Waals surface area contributed by atoms with Gasteiger partial charge in [0.25, 0.3) is 0 Å². The standard InChI is InChI=1S/C21H27ClN5O2P/c1-4-19(28)24-14-8-7-9-15(12-14)25-21-23-13-16(22)20(27-21)26-17-10-5-6-11-18(17)30(2,3)29/h4-6,10-11,13-15H,1,7-9,12H2,2-3H3,(H,24,28)(H2,23,25,26,27). The Bertz CT molecular complexity index is 978. The van der Waals surface area contributed by atoms with Gasteiger partial charge in [-0.25, -0.2) is 4.98 Å². The van der Waals surface area contributed by atoms with Gasteiger partial charge < -0.3 is 20.5 Å². The monoisotopic (exact) mass is 447 g/mol. The van der Waals surface area contributed by atoms with Crippen LogP contribution < -0.4 is 21.3 Å². The molecule has 3 N–H and O–H groups in total. The molecule has 160 valence electrons. The van der Waals surface area contributed by atoms with Crippen molar-refractivity contribution in [3.63, 3.8) is 0 Å². The van der Waals surface area contributed by atoms with Crippen molar-refractivity contribution in [2.45, 2.75) is 37.8 Å². The second-order valence-electron chi connectivity index (χ2n) is 7.80. The fourth-order valence-electron chi connectivity index (χ4n) is 3.60. The molecule has 0 spiro atoms. The van der Waals surface area contributed by atoms with E-state index in [1.54, 1.807) is 19.5 Å². The number of benzene rings is 1. The van der Waals surface area contributed by atoms with Gasteiger partial charge in [0.05, 0.1) is 11.9 Å². The Hall–Kier alpha value is -2.37. The number of nitrogens with zero attached hydrogens (tertiary/aromatic N) is 2. The molecule has 1 aliphatic rings. The molecule has 0 saturated heterocycles. The van der Waals surface area contributed by atoms with Crippen molar-refractivity contribution < 1.29 is 9.36 Å². The van der Waals surface area contributed by atoms with Gasteiger partial charge in [-0.3, -0.25) is 4.79 Å². The van der Waals surface area contributed by atoms with Gasteiger partial charge in [0.15, 0.2) is 5.82 Å². The SMILES string of the molecule is C=CC(=O)NC1CCCC(Nc2ncc(Cl)c(Nc3ccccc3P(C)(C)=O)n2)C1. The molecule has 0 bridgehead atoms. The van der Waals surface area contributed by atoms with Crippen molar-refractivity contribution in [1.82, 2.24) is 15.3 Å². The lowest BCUT2D eigenvalue weighted by Gasteiger charge is -2.30. The quantitative estimate of drug-likeness (QED) is 0.436. The minimum Gasteiger partial charge on any atom is -0.351 e. The molecule has 1 fully saturated rings. The first kappa shape index (κ1) is 22.3. The summed E-state index contributed by atoms with van der Waals surface area (Å²) in [5.41, 5.74) is 0.710. The molecular formula is C21H27ClN5O2P. The molecule has 30 heavy (non-hydrogen) atoms. The number of aromatic nitrogens is 2. The largest absolute Gasteiger partial charge is 0.351 e. The van der Waals surface area contributed by atoms with E-state index in [2.05, 4.69) is 32.5 Å². The van der Waals surface area contributed by atoms with Crippen LogP contribution in [0.5, 0.6) is 0 Å². The topological polar surface area (TPSA) is 96.0 Å². The lowest BCUT2D eigenvalue weighted by atomic mass is 9.91. The molecule has 1 heterocycles. The van der Waals surface area contributed by atoms with E-state index in [1.807, 2.05) is 24.3 Å². The number of amides is 1.